The molecule has 1 aromatic carbocycles. The molecule has 1 saturated heterocycles. The van der Waals surface area contributed by atoms with Gasteiger partial charge in [-0.25, -0.2) is 4.98 Å². The summed E-state index contributed by atoms with van der Waals surface area (Å²) in [7, 11) is 0. The molecule has 0 spiro atoms. The highest BCUT2D eigenvalue weighted by Gasteiger charge is 2.28. The van der Waals surface area contributed by atoms with Crippen molar-refractivity contribution in [3.63, 3.8) is 0 Å². The number of aromatic nitrogens is 2. The van der Waals surface area contributed by atoms with Crippen molar-refractivity contribution >= 4 is 28.4 Å². The fourth-order valence-electron chi connectivity index (χ4n) is 4.13. The Morgan fingerprint density at radius 2 is 2.08 bits per heavy atom. The second-order valence-electron chi connectivity index (χ2n) is 7.41. The number of benzene rings is 1. The van der Waals surface area contributed by atoms with E-state index >= 15 is 0 Å². The maximum atomic E-state index is 5.86. The maximum Gasteiger partial charge on any atom is 0.169 e. The number of nitrogens with one attached hydrogen (secondary N) is 2. The van der Waals surface area contributed by atoms with Crippen molar-refractivity contribution in [2.75, 3.05) is 19.7 Å². The Balaban J connectivity index is 1.32. The third-order valence-electron chi connectivity index (χ3n) is 5.53. The zero-order chi connectivity index (χ0) is 17.8. The fourth-order valence-corrected chi connectivity index (χ4v) is 4.46. The molecule has 140 valence electrons. The van der Waals surface area contributed by atoms with Crippen LogP contribution in [0.15, 0.2) is 24.3 Å². The number of imidazole rings is 1. The molecule has 1 aliphatic carbocycles. The van der Waals surface area contributed by atoms with Crippen molar-refractivity contribution in [3.05, 3.63) is 30.1 Å². The van der Waals surface area contributed by atoms with Gasteiger partial charge in [-0.2, -0.15) is 0 Å². The van der Waals surface area contributed by atoms with Crippen LogP contribution in [0.5, 0.6) is 0 Å². The molecule has 2 N–H and O–H groups in total. The van der Waals surface area contributed by atoms with Gasteiger partial charge in [-0.1, -0.05) is 25.0 Å². The molecule has 1 saturated carbocycles. The highest BCUT2D eigenvalue weighted by molar-refractivity contribution is 7.80. The van der Waals surface area contributed by atoms with Crippen LogP contribution in [-0.4, -0.2) is 51.8 Å². The summed E-state index contributed by atoms with van der Waals surface area (Å²) in [6.45, 7) is 2.63. The SMILES string of the molecule is S=C(NCCc1nc2ccccc2[nH]1)N(CC1CCCO1)C1CCCC1. The summed E-state index contributed by atoms with van der Waals surface area (Å²) in [6, 6.07) is 8.72. The Bertz CT molecular complexity index is 701. The Kier molecular flexibility index (Phi) is 5.70. The number of thiocarbonyl (C=S) groups is 1. The van der Waals surface area contributed by atoms with Crippen LogP contribution in [0.1, 0.15) is 44.3 Å². The van der Waals surface area contributed by atoms with E-state index in [1.165, 1.54) is 32.1 Å². The van der Waals surface area contributed by atoms with E-state index in [1.807, 2.05) is 18.2 Å². The van der Waals surface area contributed by atoms with E-state index in [4.69, 9.17) is 17.0 Å². The van der Waals surface area contributed by atoms with Crippen molar-refractivity contribution in [2.45, 2.75) is 57.1 Å². The Hall–Kier alpha value is -1.66. The standard InChI is InChI=1S/C20H28N4OS/c26-20(21-12-11-19-22-17-9-3-4-10-18(17)23-19)24(15-6-1-2-7-15)14-16-8-5-13-25-16/h3-4,9-10,15-16H,1-2,5-8,11-14H2,(H,21,26)(H,22,23). The van der Waals surface area contributed by atoms with Crippen LogP contribution in [0.25, 0.3) is 11.0 Å². The lowest BCUT2D eigenvalue weighted by Crippen LogP contribution is -2.48. The van der Waals surface area contributed by atoms with E-state index in [9.17, 15) is 0 Å². The van der Waals surface area contributed by atoms with Gasteiger partial charge in [-0.15, -0.1) is 0 Å². The average Bonchev–Trinajstić information content (AvgIpc) is 3.39. The topological polar surface area (TPSA) is 53.2 Å². The fraction of sp³-hybridized carbons (Fsp3) is 0.600. The smallest absolute Gasteiger partial charge is 0.169 e. The van der Waals surface area contributed by atoms with Crippen LogP contribution >= 0.6 is 12.2 Å². The number of aromatic amines is 1. The molecule has 0 amide bonds. The van der Waals surface area contributed by atoms with Gasteiger partial charge in [0, 0.05) is 32.2 Å². The summed E-state index contributed by atoms with van der Waals surface area (Å²) < 4.78 is 5.86. The van der Waals surface area contributed by atoms with Gasteiger partial charge in [-0.05, 0) is 50.0 Å². The first-order valence-corrected chi connectivity index (χ1v) is 10.3. The number of para-hydroxylation sites is 2. The van der Waals surface area contributed by atoms with Gasteiger partial charge in [0.25, 0.3) is 0 Å². The summed E-state index contributed by atoms with van der Waals surface area (Å²) in [4.78, 5) is 10.4. The molecule has 4 rings (SSSR count). The van der Waals surface area contributed by atoms with E-state index < -0.39 is 0 Å². The predicted molar refractivity (Wildman–Crippen MR) is 108 cm³/mol. The molecular formula is C20H28N4OS. The lowest BCUT2D eigenvalue weighted by molar-refractivity contribution is 0.0824. The van der Waals surface area contributed by atoms with Crippen molar-refractivity contribution in [3.8, 4) is 0 Å². The first-order valence-electron chi connectivity index (χ1n) is 9.89. The van der Waals surface area contributed by atoms with Crippen LogP contribution < -0.4 is 5.32 Å². The lowest BCUT2D eigenvalue weighted by atomic mass is 10.1. The molecule has 2 fully saturated rings. The minimum Gasteiger partial charge on any atom is -0.376 e. The molecule has 2 aliphatic rings. The van der Waals surface area contributed by atoms with Gasteiger partial charge in [0.2, 0.25) is 0 Å². The summed E-state index contributed by atoms with van der Waals surface area (Å²) in [5, 5.41) is 4.35. The summed E-state index contributed by atoms with van der Waals surface area (Å²) >= 11 is 5.76. The Morgan fingerprint density at radius 3 is 2.85 bits per heavy atom. The summed E-state index contributed by atoms with van der Waals surface area (Å²) in [5.41, 5.74) is 2.12. The lowest BCUT2D eigenvalue weighted by Gasteiger charge is -2.33. The van der Waals surface area contributed by atoms with Gasteiger partial charge in [0.05, 0.1) is 17.1 Å². The van der Waals surface area contributed by atoms with Crippen LogP contribution in [0.2, 0.25) is 0 Å². The van der Waals surface area contributed by atoms with E-state index in [0.29, 0.717) is 12.1 Å². The molecule has 1 aliphatic heterocycles. The predicted octanol–water partition coefficient (Wildman–Crippen LogP) is 3.40. The number of hydrogen-bond acceptors (Lipinski definition) is 3. The van der Waals surface area contributed by atoms with Crippen molar-refractivity contribution in [1.29, 1.82) is 0 Å². The van der Waals surface area contributed by atoms with Crippen LogP contribution in [0, 0.1) is 0 Å². The molecular weight excluding hydrogens is 344 g/mol. The quantitative estimate of drug-likeness (QED) is 0.761. The first kappa shape index (κ1) is 17.7. The monoisotopic (exact) mass is 372 g/mol. The maximum absolute atomic E-state index is 5.86. The van der Waals surface area contributed by atoms with Crippen molar-refractivity contribution in [2.24, 2.45) is 0 Å². The Morgan fingerprint density at radius 1 is 1.23 bits per heavy atom. The van der Waals surface area contributed by atoms with Gasteiger partial charge >= 0.3 is 0 Å². The average molecular weight is 373 g/mol. The second kappa shape index (κ2) is 8.35. The number of hydrogen-bond donors (Lipinski definition) is 2. The van der Waals surface area contributed by atoms with E-state index in [0.717, 1.165) is 54.5 Å². The molecule has 1 atom stereocenters. The van der Waals surface area contributed by atoms with E-state index in [1.54, 1.807) is 0 Å². The van der Waals surface area contributed by atoms with Gasteiger partial charge in [0.1, 0.15) is 5.82 Å². The normalized spacial score (nSPS) is 20.7. The molecule has 2 aromatic rings. The highest BCUT2D eigenvalue weighted by atomic mass is 32.1. The third kappa shape index (κ3) is 4.18. The van der Waals surface area contributed by atoms with Crippen molar-refractivity contribution < 1.29 is 4.74 Å². The van der Waals surface area contributed by atoms with Gasteiger partial charge < -0.3 is 19.9 Å². The zero-order valence-electron chi connectivity index (χ0n) is 15.2. The highest BCUT2D eigenvalue weighted by Crippen LogP contribution is 2.25. The molecule has 0 radical (unpaired) electrons. The molecule has 1 aromatic heterocycles. The van der Waals surface area contributed by atoms with Crippen molar-refractivity contribution in [1.82, 2.24) is 20.2 Å². The van der Waals surface area contributed by atoms with Gasteiger partial charge in [-0.3, -0.25) is 0 Å². The van der Waals surface area contributed by atoms with Gasteiger partial charge in [0.15, 0.2) is 5.11 Å². The number of nitrogens with zero attached hydrogens (tertiary/aromatic N) is 2. The number of H-pyrrole nitrogens is 1. The number of rotatable bonds is 6. The van der Waals surface area contributed by atoms with E-state index in [2.05, 4.69) is 26.3 Å². The number of fused-ring (bicyclic) bond motifs is 1. The van der Waals surface area contributed by atoms with Crippen LogP contribution in [0.4, 0.5) is 0 Å². The Labute approximate surface area is 160 Å². The largest absolute Gasteiger partial charge is 0.376 e. The van der Waals surface area contributed by atoms with Crippen LogP contribution in [0.3, 0.4) is 0 Å². The minimum absolute atomic E-state index is 0.339. The van der Waals surface area contributed by atoms with E-state index in [-0.39, 0.29) is 0 Å². The van der Waals surface area contributed by atoms with Crippen LogP contribution in [-0.2, 0) is 11.2 Å². The molecule has 0 bridgehead atoms. The zero-order valence-corrected chi connectivity index (χ0v) is 16.1. The molecule has 5 nitrogen and oxygen atoms in total. The molecule has 2 heterocycles. The summed E-state index contributed by atoms with van der Waals surface area (Å²) in [6.07, 6.45) is 8.64. The minimum atomic E-state index is 0.339. The molecule has 6 heteroatoms. The number of ether oxygens (including phenoxy) is 1. The molecule has 26 heavy (non-hydrogen) atoms. The third-order valence-corrected chi connectivity index (χ3v) is 5.91. The molecule has 1 unspecified atom stereocenters. The summed E-state index contributed by atoms with van der Waals surface area (Å²) in [5.74, 6) is 1.01. The second-order valence-corrected chi connectivity index (χ2v) is 7.79. The first-order chi connectivity index (χ1) is 12.8.